The molecule has 6 nitrogen and oxygen atoms in total. The number of aromatic nitrogens is 3. The molecular formula is C10H17N5O. The van der Waals surface area contributed by atoms with Gasteiger partial charge in [-0.25, -0.2) is 0 Å². The molecule has 0 bridgehead atoms. The van der Waals surface area contributed by atoms with Crippen molar-refractivity contribution in [1.82, 2.24) is 20.5 Å². The Balaban J connectivity index is 1.84. The quantitative estimate of drug-likeness (QED) is 0.697. The minimum absolute atomic E-state index is 0.0967. The second-order valence-electron chi connectivity index (χ2n) is 4.42. The minimum atomic E-state index is -0.233. The maximum absolute atomic E-state index is 11.6. The Morgan fingerprint density at radius 1 is 1.62 bits per heavy atom. The predicted molar refractivity (Wildman–Crippen MR) is 59.6 cm³/mol. The summed E-state index contributed by atoms with van der Waals surface area (Å²) in [7, 11) is 0. The van der Waals surface area contributed by atoms with Gasteiger partial charge in [-0.3, -0.25) is 9.89 Å². The Labute approximate surface area is 94.0 Å². The van der Waals surface area contributed by atoms with Crippen molar-refractivity contribution in [2.45, 2.75) is 26.2 Å². The summed E-state index contributed by atoms with van der Waals surface area (Å²) in [5.74, 6) is 1.33. The van der Waals surface area contributed by atoms with E-state index in [1.807, 2.05) is 0 Å². The van der Waals surface area contributed by atoms with Crippen molar-refractivity contribution in [2.75, 3.05) is 12.3 Å². The van der Waals surface area contributed by atoms with Gasteiger partial charge in [-0.1, -0.05) is 19.8 Å². The third-order valence-corrected chi connectivity index (χ3v) is 3.28. The van der Waals surface area contributed by atoms with Crippen LogP contribution < -0.4 is 11.1 Å². The molecule has 0 aliphatic heterocycles. The van der Waals surface area contributed by atoms with Crippen LogP contribution in [0.1, 0.15) is 36.8 Å². The molecule has 1 amide bonds. The average molecular weight is 223 g/mol. The van der Waals surface area contributed by atoms with Crippen molar-refractivity contribution in [3.63, 3.8) is 0 Å². The Morgan fingerprint density at radius 3 is 3.00 bits per heavy atom. The molecule has 1 aromatic heterocycles. The van der Waals surface area contributed by atoms with Crippen LogP contribution in [0, 0.1) is 11.8 Å². The maximum Gasteiger partial charge on any atom is 0.288 e. The predicted octanol–water partition coefficient (Wildman–Crippen LogP) is 0.553. The van der Waals surface area contributed by atoms with E-state index in [-0.39, 0.29) is 17.7 Å². The number of nitrogens with zero attached hydrogens (tertiary/aromatic N) is 2. The van der Waals surface area contributed by atoms with Crippen LogP contribution in [0.5, 0.6) is 0 Å². The van der Waals surface area contributed by atoms with Gasteiger partial charge in [-0.2, -0.15) is 4.98 Å². The molecule has 88 valence electrons. The molecule has 1 aliphatic carbocycles. The number of nitrogen functional groups attached to an aromatic ring is 1. The fraction of sp³-hybridized carbons (Fsp3) is 0.700. The van der Waals surface area contributed by atoms with Crippen molar-refractivity contribution in [3.05, 3.63) is 5.82 Å². The number of nitrogens with one attached hydrogen (secondary N) is 2. The van der Waals surface area contributed by atoms with E-state index in [9.17, 15) is 4.79 Å². The van der Waals surface area contributed by atoms with E-state index in [1.165, 1.54) is 19.3 Å². The summed E-state index contributed by atoms with van der Waals surface area (Å²) in [6.45, 7) is 2.94. The molecule has 1 heterocycles. The van der Waals surface area contributed by atoms with E-state index in [0.717, 1.165) is 0 Å². The number of hydrogen-bond donors (Lipinski definition) is 3. The van der Waals surface area contributed by atoms with Crippen molar-refractivity contribution in [2.24, 2.45) is 11.8 Å². The van der Waals surface area contributed by atoms with E-state index in [2.05, 4.69) is 27.4 Å². The zero-order valence-corrected chi connectivity index (χ0v) is 9.36. The molecule has 0 aromatic carbocycles. The Bertz CT molecular complexity index is 375. The summed E-state index contributed by atoms with van der Waals surface area (Å²) >= 11 is 0. The zero-order valence-electron chi connectivity index (χ0n) is 9.36. The third-order valence-electron chi connectivity index (χ3n) is 3.28. The van der Waals surface area contributed by atoms with Crippen LogP contribution in [0.3, 0.4) is 0 Å². The van der Waals surface area contributed by atoms with Crippen LogP contribution in [0.25, 0.3) is 0 Å². The monoisotopic (exact) mass is 223 g/mol. The van der Waals surface area contributed by atoms with E-state index < -0.39 is 0 Å². The summed E-state index contributed by atoms with van der Waals surface area (Å²) < 4.78 is 0. The molecule has 4 N–H and O–H groups in total. The van der Waals surface area contributed by atoms with Crippen molar-refractivity contribution in [1.29, 1.82) is 0 Å². The third kappa shape index (κ3) is 2.32. The molecule has 1 saturated carbocycles. The highest BCUT2D eigenvalue weighted by atomic mass is 16.2. The number of amides is 1. The molecule has 16 heavy (non-hydrogen) atoms. The standard InChI is InChI=1S/C10H17N5O/c1-6-3-2-4-7(6)5-12-9(16)8-13-10(11)15-14-8/h6-7H,2-5H2,1H3,(H,12,16)(H3,11,13,14,15). The van der Waals surface area contributed by atoms with Crippen LogP contribution in [0.4, 0.5) is 5.95 Å². The van der Waals surface area contributed by atoms with Crippen molar-refractivity contribution < 1.29 is 4.79 Å². The number of H-pyrrole nitrogens is 1. The van der Waals surface area contributed by atoms with Crippen LogP contribution in [-0.4, -0.2) is 27.6 Å². The van der Waals surface area contributed by atoms with Crippen molar-refractivity contribution >= 4 is 11.9 Å². The second-order valence-corrected chi connectivity index (χ2v) is 4.42. The number of carbonyl (C=O) groups is 1. The van der Waals surface area contributed by atoms with Gasteiger partial charge in [0, 0.05) is 6.54 Å². The normalized spacial score (nSPS) is 24.6. The minimum Gasteiger partial charge on any atom is -0.366 e. The number of rotatable bonds is 3. The molecule has 1 fully saturated rings. The molecule has 1 aliphatic rings. The molecule has 2 atom stereocenters. The highest BCUT2D eigenvalue weighted by Crippen LogP contribution is 2.30. The fourth-order valence-corrected chi connectivity index (χ4v) is 2.21. The van der Waals surface area contributed by atoms with Crippen LogP contribution in [0.15, 0.2) is 0 Å². The molecule has 2 rings (SSSR count). The first-order valence-electron chi connectivity index (χ1n) is 5.63. The molecule has 0 radical (unpaired) electrons. The first-order chi connectivity index (χ1) is 7.66. The summed E-state index contributed by atoms with van der Waals surface area (Å²) in [6, 6.07) is 0. The lowest BCUT2D eigenvalue weighted by atomic mass is 9.98. The van der Waals surface area contributed by atoms with Gasteiger partial charge in [0.05, 0.1) is 0 Å². The number of aromatic amines is 1. The lowest BCUT2D eigenvalue weighted by Gasteiger charge is -2.14. The molecule has 6 heteroatoms. The second kappa shape index (κ2) is 4.51. The summed E-state index contributed by atoms with van der Waals surface area (Å²) in [5.41, 5.74) is 5.32. The van der Waals surface area contributed by atoms with Gasteiger partial charge >= 0.3 is 0 Å². The highest BCUT2D eigenvalue weighted by molar-refractivity contribution is 5.90. The van der Waals surface area contributed by atoms with Crippen LogP contribution in [-0.2, 0) is 0 Å². The number of carbonyl (C=O) groups excluding carboxylic acids is 1. The summed E-state index contributed by atoms with van der Waals surface area (Å²) in [4.78, 5) is 15.4. The largest absolute Gasteiger partial charge is 0.366 e. The fourth-order valence-electron chi connectivity index (χ4n) is 2.21. The first kappa shape index (κ1) is 10.9. The summed E-state index contributed by atoms with van der Waals surface area (Å²) in [6.07, 6.45) is 3.72. The van der Waals surface area contributed by atoms with E-state index in [1.54, 1.807) is 0 Å². The SMILES string of the molecule is CC1CCCC1CNC(=O)c1nc(N)n[nH]1. The Hall–Kier alpha value is -1.59. The summed E-state index contributed by atoms with van der Waals surface area (Å²) in [5, 5.41) is 8.96. The van der Waals surface area contributed by atoms with E-state index in [0.29, 0.717) is 18.4 Å². The molecule has 1 aromatic rings. The topological polar surface area (TPSA) is 96.7 Å². The lowest BCUT2D eigenvalue weighted by molar-refractivity contribution is 0.0934. The molecule has 0 saturated heterocycles. The van der Waals surface area contributed by atoms with Gasteiger partial charge in [0.25, 0.3) is 5.91 Å². The number of hydrogen-bond acceptors (Lipinski definition) is 4. The van der Waals surface area contributed by atoms with E-state index >= 15 is 0 Å². The lowest BCUT2D eigenvalue weighted by Crippen LogP contribution is -2.31. The van der Waals surface area contributed by atoms with Gasteiger partial charge in [-0.15, -0.1) is 5.10 Å². The van der Waals surface area contributed by atoms with Gasteiger partial charge in [0.2, 0.25) is 11.8 Å². The Morgan fingerprint density at radius 2 is 2.44 bits per heavy atom. The molecule has 2 unspecified atom stereocenters. The average Bonchev–Trinajstić information content (AvgIpc) is 2.84. The van der Waals surface area contributed by atoms with Crippen LogP contribution in [0.2, 0.25) is 0 Å². The highest BCUT2D eigenvalue weighted by Gasteiger charge is 2.24. The van der Waals surface area contributed by atoms with Gasteiger partial charge in [0.1, 0.15) is 0 Å². The molecule has 0 spiro atoms. The van der Waals surface area contributed by atoms with Gasteiger partial charge in [0.15, 0.2) is 0 Å². The van der Waals surface area contributed by atoms with Gasteiger partial charge < -0.3 is 11.1 Å². The smallest absolute Gasteiger partial charge is 0.288 e. The number of anilines is 1. The van der Waals surface area contributed by atoms with Crippen LogP contribution >= 0.6 is 0 Å². The maximum atomic E-state index is 11.6. The first-order valence-corrected chi connectivity index (χ1v) is 5.63. The van der Waals surface area contributed by atoms with Crippen molar-refractivity contribution in [3.8, 4) is 0 Å². The van der Waals surface area contributed by atoms with E-state index in [4.69, 9.17) is 5.73 Å². The zero-order chi connectivity index (χ0) is 11.5. The number of nitrogens with two attached hydrogens (primary N) is 1. The molecular weight excluding hydrogens is 206 g/mol. The van der Waals surface area contributed by atoms with Gasteiger partial charge in [-0.05, 0) is 18.3 Å². The Kier molecular flexibility index (Phi) is 3.07.